The first-order valence-corrected chi connectivity index (χ1v) is 7.07. The Kier molecular flexibility index (Phi) is 3.55. The Hall–Kier alpha value is -2.09. The number of aromatic nitrogens is 1. The zero-order chi connectivity index (χ0) is 13.9. The van der Waals surface area contributed by atoms with Crippen LogP contribution in [-0.4, -0.2) is 12.1 Å². The number of aryl methyl sites for hydroxylation is 2. The van der Waals surface area contributed by atoms with Gasteiger partial charge in [-0.3, -0.25) is 4.98 Å². The van der Waals surface area contributed by atoms with E-state index in [0.29, 0.717) is 0 Å². The highest BCUT2D eigenvalue weighted by atomic mass is 16.5. The molecule has 1 aliphatic carbocycles. The lowest BCUT2D eigenvalue weighted by atomic mass is 9.89. The van der Waals surface area contributed by atoms with Gasteiger partial charge in [0.05, 0.1) is 12.8 Å². The van der Waals surface area contributed by atoms with Crippen molar-refractivity contribution in [1.82, 2.24) is 4.98 Å². The van der Waals surface area contributed by atoms with Crippen molar-refractivity contribution in [2.75, 3.05) is 7.11 Å². The predicted molar refractivity (Wildman–Crippen MR) is 82.8 cm³/mol. The molecule has 1 aromatic heterocycles. The molecule has 0 unspecified atom stereocenters. The first kappa shape index (κ1) is 12.9. The first-order chi connectivity index (χ1) is 9.78. The number of pyridine rings is 1. The van der Waals surface area contributed by atoms with Crippen molar-refractivity contribution < 1.29 is 4.74 Å². The quantitative estimate of drug-likeness (QED) is 0.808. The molecule has 0 radical (unpaired) electrons. The number of rotatable bonds is 2. The Balaban J connectivity index is 2.06. The zero-order valence-corrected chi connectivity index (χ0v) is 12.0. The van der Waals surface area contributed by atoms with Gasteiger partial charge in [-0.1, -0.05) is 24.3 Å². The maximum atomic E-state index is 5.43. The van der Waals surface area contributed by atoms with Crippen LogP contribution in [0.25, 0.3) is 11.6 Å². The number of benzene rings is 1. The van der Waals surface area contributed by atoms with Crippen molar-refractivity contribution in [1.29, 1.82) is 0 Å². The van der Waals surface area contributed by atoms with Crippen molar-refractivity contribution in [2.45, 2.75) is 26.2 Å². The molecular formula is C18H19NO. The molecule has 20 heavy (non-hydrogen) atoms. The molecule has 0 fully saturated rings. The minimum atomic E-state index is 0.916. The second-order valence-corrected chi connectivity index (χ2v) is 5.29. The maximum Gasteiger partial charge on any atom is 0.126 e. The highest BCUT2D eigenvalue weighted by molar-refractivity contribution is 5.83. The normalized spacial score (nSPS) is 16.0. The van der Waals surface area contributed by atoms with Crippen molar-refractivity contribution in [3.05, 3.63) is 58.9 Å². The van der Waals surface area contributed by atoms with Gasteiger partial charge in [-0.25, -0.2) is 0 Å². The lowest BCUT2D eigenvalue weighted by molar-refractivity contribution is 0.414. The van der Waals surface area contributed by atoms with Crippen LogP contribution in [0, 0.1) is 6.92 Å². The molecule has 102 valence electrons. The lowest BCUT2D eigenvalue weighted by Gasteiger charge is -2.18. The van der Waals surface area contributed by atoms with Gasteiger partial charge in [-0.2, -0.15) is 0 Å². The molecule has 0 atom stereocenters. The molecule has 3 rings (SSSR count). The number of hydrogen-bond acceptors (Lipinski definition) is 2. The number of ether oxygens (including phenoxy) is 1. The van der Waals surface area contributed by atoms with E-state index in [1.165, 1.54) is 23.1 Å². The predicted octanol–water partition coefficient (Wildman–Crippen LogP) is 4.28. The summed E-state index contributed by atoms with van der Waals surface area (Å²) < 4.78 is 5.43. The van der Waals surface area contributed by atoms with Gasteiger partial charge in [-0.15, -0.1) is 0 Å². The zero-order valence-electron chi connectivity index (χ0n) is 12.0. The third-order valence-electron chi connectivity index (χ3n) is 3.77. The molecule has 0 bridgehead atoms. The van der Waals surface area contributed by atoms with Crippen molar-refractivity contribution in [3.8, 4) is 5.75 Å². The Bertz CT molecular complexity index is 658. The Labute approximate surface area is 120 Å². The first-order valence-electron chi connectivity index (χ1n) is 7.07. The van der Waals surface area contributed by atoms with Gasteiger partial charge in [-0.05, 0) is 55.0 Å². The number of nitrogens with zero attached hydrogens (tertiary/aromatic N) is 1. The van der Waals surface area contributed by atoms with Gasteiger partial charge >= 0.3 is 0 Å². The van der Waals surface area contributed by atoms with Crippen molar-refractivity contribution in [2.24, 2.45) is 0 Å². The molecule has 0 N–H and O–H groups in total. The number of para-hydroxylation sites is 1. The number of allylic oxidation sites excluding steroid dienone is 1. The Morgan fingerprint density at radius 2 is 2.05 bits per heavy atom. The molecule has 2 nitrogen and oxygen atoms in total. The average Bonchev–Trinajstić information content (AvgIpc) is 2.47. The molecule has 2 heteroatoms. The lowest BCUT2D eigenvalue weighted by Crippen LogP contribution is -2.05. The molecule has 0 aliphatic heterocycles. The van der Waals surface area contributed by atoms with Crippen LogP contribution in [-0.2, 0) is 6.42 Å². The van der Waals surface area contributed by atoms with Gasteiger partial charge in [0.15, 0.2) is 0 Å². The SMILES string of the molecule is COc1ccccc1C=C1CCCc2cc(C)cnc21. The van der Waals surface area contributed by atoms with E-state index < -0.39 is 0 Å². The van der Waals surface area contributed by atoms with Crippen molar-refractivity contribution in [3.63, 3.8) is 0 Å². The summed E-state index contributed by atoms with van der Waals surface area (Å²) in [6.07, 6.45) is 7.59. The summed E-state index contributed by atoms with van der Waals surface area (Å²) >= 11 is 0. The van der Waals surface area contributed by atoms with Gasteiger partial charge in [0.1, 0.15) is 5.75 Å². The van der Waals surface area contributed by atoms with Crippen LogP contribution in [0.3, 0.4) is 0 Å². The van der Waals surface area contributed by atoms with Gasteiger partial charge < -0.3 is 4.74 Å². The number of fused-ring (bicyclic) bond motifs is 1. The van der Waals surface area contributed by atoms with E-state index in [1.807, 2.05) is 24.4 Å². The van der Waals surface area contributed by atoms with E-state index >= 15 is 0 Å². The topological polar surface area (TPSA) is 22.1 Å². The molecule has 0 saturated heterocycles. The summed E-state index contributed by atoms with van der Waals surface area (Å²) in [6.45, 7) is 2.10. The monoisotopic (exact) mass is 265 g/mol. The van der Waals surface area contributed by atoms with Gasteiger partial charge in [0, 0.05) is 11.8 Å². The molecule has 1 aliphatic rings. The van der Waals surface area contributed by atoms with Gasteiger partial charge in [0.25, 0.3) is 0 Å². The highest BCUT2D eigenvalue weighted by Crippen LogP contribution is 2.32. The van der Waals surface area contributed by atoms with Crippen LogP contribution in [0.4, 0.5) is 0 Å². The molecule has 1 heterocycles. The Morgan fingerprint density at radius 3 is 2.90 bits per heavy atom. The highest BCUT2D eigenvalue weighted by Gasteiger charge is 2.16. The molecule has 0 saturated carbocycles. The smallest absolute Gasteiger partial charge is 0.126 e. The molecule has 0 amide bonds. The van der Waals surface area contributed by atoms with Crippen molar-refractivity contribution >= 4 is 11.6 Å². The van der Waals surface area contributed by atoms with E-state index in [2.05, 4.69) is 30.1 Å². The summed E-state index contributed by atoms with van der Waals surface area (Å²) in [4.78, 5) is 4.64. The van der Waals surface area contributed by atoms with Crippen LogP contribution in [0.1, 0.15) is 35.2 Å². The maximum absolute atomic E-state index is 5.43. The van der Waals surface area contributed by atoms with Gasteiger partial charge in [0.2, 0.25) is 0 Å². The minimum absolute atomic E-state index is 0.916. The fraction of sp³-hybridized carbons (Fsp3) is 0.278. The summed E-state index contributed by atoms with van der Waals surface area (Å²) in [5.74, 6) is 0.916. The third kappa shape index (κ3) is 2.46. The standard InChI is InChI=1S/C18H19NO/c1-13-10-15-7-5-8-16(18(15)19-12-13)11-14-6-3-4-9-17(14)20-2/h3-4,6,9-12H,5,7-8H2,1-2H3. The Morgan fingerprint density at radius 1 is 1.20 bits per heavy atom. The molecule has 0 spiro atoms. The molecule has 1 aromatic carbocycles. The third-order valence-corrected chi connectivity index (χ3v) is 3.77. The van der Waals surface area contributed by atoms with Crippen LogP contribution >= 0.6 is 0 Å². The average molecular weight is 265 g/mol. The minimum Gasteiger partial charge on any atom is -0.496 e. The number of methoxy groups -OCH3 is 1. The second kappa shape index (κ2) is 5.49. The van der Waals surface area contributed by atoms with E-state index in [1.54, 1.807) is 7.11 Å². The fourth-order valence-corrected chi connectivity index (χ4v) is 2.81. The van der Waals surface area contributed by atoms with Crippen LogP contribution in [0.2, 0.25) is 0 Å². The summed E-state index contributed by atoms with van der Waals surface area (Å²) in [5, 5.41) is 0. The summed E-state index contributed by atoms with van der Waals surface area (Å²) in [5.41, 5.74) is 6.21. The molecular weight excluding hydrogens is 246 g/mol. The largest absolute Gasteiger partial charge is 0.496 e. The second-order valence-electron chi connectivity index (χ2n) is 5.29. The summed E-state index contributed by atoms with van der Waals surface area (Å²) in [6, 6.07) is 10.4. The van der Waals surface area contributed by atoms with Crippen LogP contribution in [0.15, 0.2) is 36.5 Å². The summed E-state index contributed by atoms with van der Waals surface area (Å²) in [7, 11) is 1.72. The fourth-order valence-electron chi connectivity index (χ4n) is 2.81. The van der Waals surface area contributed by atoms with Crippen LogP contribution in [0.5, 0.6) is 5.75 Å². The van der Waals surface area contributed by atoms with E-state index in [0.717, 1.165) is 29.8 Å². The van der Waals surface area contributed by atoms with E-state index in [-0.39, 0.29) is 0 Å². The number of hydrogen-bond donors (Lipinski definition) is 0. The molecule has 2 aromatic rings. The van der Waals surface area contributed by atoms with E-state index in [9.17, 15) is 0 Å². The van der Waals surface area contributed by atoms with Crippen LogP contribution < -0.4 is 4.74 Å². The van der Waals surface area contributed by atoms with E-state index in [4.69, 9.17) is 4.74 Å².